The van der Waals surface area contributed by atoms with Crippen molar-refractivity contribution in [2.45, 2.75) is 25.8 Å². The molecule has 0 amide bonds. The molecule has 0 aliphatic carbocycles. The zero-order chi connectivity index (χ0) is 18.9. The van der Waals surface area contributed by atoms with Crippen LogP contribution in [0.1, 0.15) is 29.4 Å². The van der Waals surface area contributed by atoms with Crippen LogP contribution in [0.4, 0.5) is 0 Å². The maximum absolute atomic E-state index is 5.63. The molecule has 1 saturated heterocycles. The summed E-state index contributed by atoms with van der Waals surface area (Å²) in [6, 6.07) is 18.6. The van der Waals surface area contributed by atoms with Gasteiger partial charge in [0.25, 0.3) is 0 Å². The van der Waals surface area contributed by atoms with Crippen molar-refractivity contribution in [3.63, 3.8) is 0 Å². The van der Waals surface area contributed by atoms with Gasteiger partial charge in [-0.15, -0.1) is 0 Å². The normalized spacial score (nSPS) is 17.4. The van der Waals surface area contributed by atoms with Crippen LogP contribution in [0.3, 0.4) is 0 Å². The van der Waals surface area contributed by atoms with Crippen LogP contribution in [0.15, 0.2) is 65.3 Å². The highest BCUT2D eigenvalue weighted by atomic mass is 16.5. The van der Waals surface area contributed by atoms with E-state index in [0.29, 0.717) is 5.82 Å². The molecule has 2 aromatic carbocycles. The summed E-state index contributed by atoms with van der Waals surface area (Å²) in [5.41, 5.74) is 4.55. The molecule has 1 aliphatic rings. The van der Waals surface area contributed by atoms with Crippen LogP contribution in [-0.4, -0.2) is 33.1 Å². The van der Waals surface area contributed by atoms with Gasteiger partial charge in [0.05, 0.1) is 11.4 Å². The number of likely N-dealkylation sites (tertiary alicyclic amines) is 1. The number of benzene rings is 2. The number of para-hydroxylation sites is 1. The fourth-order valence-corrected chi connectivity index (χ4v) is 4.05. The van der Waals surface area contributed by atoms with E-state index in [1.54, 1.807) is 0 Å². The predicted octanol–water partition coefficient (Wildman–Crippen LogP) is 4.58. The molecule has 0 N–H and O–H groups in total. The minimum atomic E-state index is 0.285. The second-order valence-corrected chi connectivity index (χ2v) is 7.48. The number of aryl methyl sites for hydroxylation is 1. The van der Waals surface area contributed by atoms with Gasteiger partial charge < -0.3 is 4.52 Å². The van der Waals surface area contributed by atoms with Crippen molar-refractivity contribution in [3.8, 4) is 11.4 Å². The average Bonchev–Trinajstić information content (AvgIpc) is 3.38. The Morgan fingerprint density at radius 2 is 1.96 bits per heavy atom. The Kier molecular flexibility index (Phi) is 4.37. The summed E-state index contributed by atoms with van der Waals surface area (Å²) in [6.45, 7) is 4.92. The summed E-state index contributed by atoms with van der Waals surface area (Å²) in [5.74, 6) is 1.72. The Balaban J connectivity index is 1.32. The van der Waals surface area contributed by atoms with E-state index >= 15 is 0 Å². The van der Waals surface area contributed by atoms with E-state index in [1.807, 2.05) is 30.5 Å². The quantitative estimate of drug-likeness (QED) is 0.526. The lowest BCUT2D eigenvalue weighted by atomic mass is 10.1. The number of aromatic nitrogens is 3. The lowest BCUT2D eigenvalue weighted by Crippen LogP contribution is -2.20. The number of nitrogens with zero attached hydrogens (tertiary/aromatic N) is 4. The van der Waals surface area contributed by atoms with Crippen LogP contribution in [-0.2, 0) is 6.54 Å². The Hall–Kier alpha value is -3.05. The zero-order valence-electron chi connectivity index (χ0n) is 15.9. The molecule has 1 fully saturated rings. The van der Waals surface area contributed by atoms with Gasteiger partial charge in [0.1, 0.15) is 0 Å². The van der Waals surface area contributed by atoms with Crippen molar-refractivity contribution in [2.24, 2.45) is 0 Å². The van der Waals surface area contributed by atoms with E-state index in [-0.39, 0.29) is 5.92 Å². The van der Waals surface area contributed by atoms with E-state index in [1.165, 1.54) is 10.9 Å². The molecular weight excluding hydrogens is 348 g/mol. The molecule has 1 aliphatic heterocycles. The summed E-state index contributed by atoms with van der Waals surface area (Å²) in [6.07, 6.45) is 2.90. The van der Waals surface area contributed by atoms with Gasteiger partial charge >= 0.3 is 0 Å². The van der Waals surface area contributed by atoms with Gasteiger partial charge in [-0.2, -0.15) is 4.98 Å². The molecule has 1 atom stereocenters. The van der Waals surface area contributed by atoms with Crippen LogP contribution in [0.2, 0.25) is 0 Å². The summed E-state index contributed by atoms with van der Waals surface area (Å²) in [7, 11) is 0. The maximum atomic E-state index is 5.63. The highest BCUT2D eigenvalue weighted by Gasteiger charge is 2.29. The lowest BCUT2D eigenvalue weighted by Gasteiger charge is -2.16. The van der Waals surface area contributed by atoms with Crippen LogP contribution in [0.25, 0.3) is 22.3 Å². The number of rotatable bonds is 4. The Bertz CT molecular complexity index is 1120. The number of hydrogen-bond donors (Lipinski definition) is 0. The third-order valence-corrected chi connectivity index (χ3v) is 5.56. The monoisotopic (exact) mass is 370 g/mol. The molecule has 0 radical (unpaired) electrons. The van der Waals surface area contributed by atoms with Crippen molar-refractivity contribution >= 4 is 10.9 Å². The fourth-order valence-electron chi connectivity index (χ4n) is 4.05. The van der Waals surface area contributed by atoms with Crippen LogP contribution in [0.5, 0.6) is 0 Å². The van der Waals surface area contributed by atoms with E-state index in [4.69, 9.17) is 9.51 Å². The van der Waals surface area contributed by atoms with E-state index in [2.05, 4.69) is 52.3 Å². The highest BCUT2D eigenvalue weighted by molar-refractivity contribution is 5.81. The third-order valence-electron chi connectivity index (χ3n) is 5.56. The first kappa shape index (κ1) is 17.1. The van der Waals surface area contributed by atoms with Crippen LogP contribution in [0, 0.1) is 6.92 Å². The van der Waals surface area contributed by atoms with Crippen LogP contribution >= 0.6 is 0 Å². The second-order valence-electron chi connectivity index (χ2n) is 7.48. The Labute approximate surface area is 164 Å². The first-order valence-electron chi connectivity index (χ1n) is 9.72. The molecule has 0 unspecified atom stereocenters. The molecule has 4 aromatic rings. The number of hydrogen-bond acceptors (Lipinski definition) is 5. The fraction of sp³-hybridized carbons (Fsp3) is 0.261. The largest absolute Gasteiger partial charge is 0.339 e. The van der Waals surface area contributed by atoms with Gasteiger partial charge in [0.2, 0.25) is 11.7 Å². The summed E-state index contributed by atoms with van der Waals surface area (Å²) < 4.78 is 5.63. The second kappa shape index (κ2) is 7.17. The molecule has 0 saturated carbocycles. The first-order chi connectivity index (χ1) is 13.8. The highest BCUT2D eigenvalue weighted by Crippen LogP contribution is 2.30. The molecule has 2 aromatic heterocycles. The van der Waals surface area contributed by atoms with Gasteiger partial charge in [-0.25, -0.2) is 0 Å². The van der Waals surface area contributed by atoms with Crippen molar-refractivity contribution in [2.75, 3.05) is 13.1 Å². The average molecular weight is 370 g/mol. The van der Waals surface area contributed by atoms with E-state index in [9.17, 15) is 0 Å². The summed E-state index contributed by atoms with van der Waals surface area (Å²) in [5, 5.41) is 5.42. The minimum absolute atomic E-state index is 0.285. The minimum Gasteiger partial charge on any atom is -0.339 e. The van der Waals surface area contributed by atoms with E-state index in [0.717, 1.165) is 48.6 Å². The molecule has 5 nitrogen and oxygen atoms in total. The topological polar surface area (TPSA) is 55.1 Å². The Morgan fingerprint density at radius 1 is 1.07 bits per heavy atom. The molecule has 5 heteroatoms. The molecular formula is C23H22N4O. The molecule has 3 heterocycles. The summed E-state index contributed by atoms with van der Waals surface area (Å²) >= 11 is 0. The SMILES string of the molecule is Cc1ccccc1-c1noc([C@@H]2CCN(Cc3cccc4cccnc34)C2)n1. The Morgan fingerprint density at radius 3 is 2.89 bits per heavy atom. The molecule has 0 spiro atoms. The van der Waals surface area contributed by atoms with Crippen LogP contribution < -0.4 is 0 Å². The molecule has 0 bridgehead atoms. The number of fused-ring (bicyclic) bond motifs is 1. The van der Waals surface area contributed by atoms with E-state index < -0.39 is 0 Å². The first-order valence-corrected chi connectivity index (χ1v) is 9.72. The third kappa shape index (κ3) is 3.18. The van der Waals surface area contributed by atoms with Gasteiger partial charge in [-0.1, -0.05) is 53.7 Å². The van der Waals surface area contributed by atoms with Gasteiger partial charge in [-0.05, 0) is 37.1 Å². The predicted molar refractivity (Wildman–Crippen MR) is 109 cm³/mol. The zero-order valence-corrected chi connectivity index (χ0v) is 15.9. The van der Waals surface area contributed by atoms with Crippen molar-refractivity contribution < 1.29 is 4.52 Å². The van der Waals surface area contributed by atoms with Gasteiger partial charge in [-0.3, -0.25) is 9.88 Å². The smallest absolute Gasteiger partial charge is 0.231 e. The van der Waals surface area contributed by atoms with Crippen molar-refractivity contribution in [3.05, 3.63) is 77.8 Å². The van der Waals surface area contributed by atoms with Crippen molar-refractivity contribution in [1.29, 1.82) is 0 Å². The van der Waals surface area contributed by atoms with Gasteiger partial charge in [0, 0.05) is 30.2 Å². The molecule has 140 valence electrons. The standard InChI is InChI=1S/C23H22N4O/c1-16-6-2-3-10-20(16)22-25-23(28-26-22)19-11-13-27(15-19)14-18-8-4-7-17-9-5-12-24-21(17)18/h2-10,12,19H,11,13-15H2,1H3/t19-/m1/s1. The van der Waals surface area contributed by atoms with Gasteiger partial charge in [0.15, 0.2) is 0 Å². The summed E-state index contributed by atoms with van der Waals surface area (Å²) in [4.78, 5) is 11.7. The maximum Gasteiger partial charge on any atom is 0.231 e. The van der Waals surface area contributed by atoms with Crippen molar-refractivity contribution in [1.82, 2.24) is 20.0 Å². The molecule has 28 heavy (non-hydrogen) atoms. The lowest BCUT2D eigenvalue weighted by molar-refractivity contribution is 0.310. The molecule has 5 rings (SSSR count). The number of pyridine rings is 1.